The average molecular weight is 376 g/mol. The van der Waals surface area contributed by atoms with E-state index >= 15 is 0 Å². The van der Waals surface area contributed by atoms with Gasteiger partial charge in [-0.1, -0.05) is 72.2 Å². The fourth-order valence-corrected chi connectivity index (χ4v) is 2.60. The van der Waals surface area contributed by atoms with Gasteiger partial charge in [0, 0.05) is 6.07 Å². The van der Waals surface area contributed by atoms with E-state index in [0.29, 0.717) is 25.6 Å². The lowest BCUT2D eigenvalue weighted by molar-refractivity contribution is -0.0489. The van der Waals surface area contributed by atoms with Crippen molar-refractivity contribution in [3.8, 4) is 5.75 Å². The molecule has 0 N–H and O–H groups in total. The maximum Gasteiger partial charge on any atom is 0.122 e. The molecule has 3 rings (SSSR count). The third kappa shape index (κ3) is 6.52. The lowest BCUT2D eigenvalue weighted by atomic mass is 9.96. The smallest absolute Gasteiger partial charge is 0.122 e. The first-order chi connectivity index (χ1) is 13.7. The molecule has 0 aliphatic carbocycles. The minimum absolute atomic E-state index is 0.0930. The molecule has 0 heterocycles. The molecule has 5 heteroatoms. The molecule has 3 nitrogen and oxygen atoms in total. The van der Waals surface area contributed by atoms with Crippen molar-refractivity contribution in [3.05, 3.63) is 95.8 Å². The highest BCUT2D eigenvalue weighted by molar-refractivity contribution is 6.32. The van der Waals surface area contributed by atoms with E-state index < -0.39 is 5.82 Å². The molecule has 0 spiro atoms. The van der Waals surface area contributed by atoms with Gasteiger partial charge in [0.25, 0.3) is 0 Å². The summed E-state index contributed by atoms with van der Waals surface area (Å²) in [5.41, 5.74) is 2.25. The van der Waals surface area contributed by atoms with Gasteiger partial charge in [-0.15, -0.1) is 0 Å². The van der Waals surface area contributed by atoms with Crippen LogP contribution in [0.1, 0.15) is 11.1 Å². The zero-order chi connectivity index (χ0) is 19.6. The van der Waals surface area contributed by atoms with E-state index in [1.54, 1.807) is 6.07 Å². The van der Waals surface area contributed by atoms with E-state index in [1.165, 1.54) is 12.1 Å². The molecular formula is C23H22BFO3. The van der Waals surface area contributed by atoms with E-state index in [-0.39, 0.29) is 18.2 Å². The van der Waals surface area contributed by atoms with Crippen LogP contribution in [0.2, 0.25) is 0 Å². The van der Waals surface area contributed by atoms with Crippen LogP contribution in [0, 0.1) is 5.82 Å². The van der Waals surface area contributed by atoms with Crippen LogP contribution < -0.4 is 10.2 Å². The Hall–Kier alpha value is -2.63. The van der Waals surface area contributed by atoms with Gasteiger partial charge in [0.1, 0.15) is 32.1 Å². The molecule has 2 radical (unpaired) electrons. The van der Waals surface area contributed by atoms with Crippen LogP contribution in [0.4, 0.5) is 4.39 Å². The second-order valence-electron chi connectivity index (χ2n) is 6.41. The molecule has 0 aliphatic rings. The van der Waals surface area contributed by atoms with Crippen LogP contribution in [0.25, 0.3) is 0 Å². The van der Waals surface area contributed by atoms with Crippen LogP contribution in [0.3, 0.4) is 0 Å². The summed E-state index contributed by atoms with van der Waals surface area (Å²) in [4.78, 5) is 0. The summed E-state index contributed by atoms with van der Waals surface area (Å²) >= 11 is 0. The minimum atomic E-state index is -0.500. The largest absolute Gasteiger partial charge is 0.491 e. The molecule has 142 valence electrons. The summed E-state index contributed by atoms with van der Waals surface area (Å²) in [5, 5.41) is 0. The standard InChI is InChI=1S/C23H22BFO3/c24-22-12-11-20(13-23(22)25)28-17-21(27-15-19-9-5-2-6-10-19)16-26-14-18-7-3-1-4-8-18/h1-13,21H,14-17H2/t21-/m1/s1. The molecule has 0 aliphatic heterocycles. The van der Waals surface area contributed by atoms with Crippen LogP contribution in [0.5, 0.6) is 5.75 Å². The lowest BCUT2D eigenvalue weighted by Gasteiger charge is -2.19. The Labute approximate surface area is 166 Å². The first-order valence-corrected chi connectivity index (χ1v) is 9.16. The average Bonchev–Trinajstić information content (AvgIpc) is 2.73. The normalized spacial score (nSPS) is 11.9. The molecule has 0 unspecified atom stereocenters. The Balaban J connectivity index is 1.55. The highest BCUT2D eigenvalue weighted by Gasteiger charge is 2.12. The Morgan fingerprint density at radius 2 is 1.43 bits per heavy atom. The molecule has 3 aromatic rings. The number of ether oxygens (including phenoxy) is 3. The van der Waals surface area contributed by atoms with Crippen molar-refractivity contribution in [3.63, 3.8) is 0 Å². The maximum absolute atomic E-state index is 13.6. The van der Waals surface area contributed by atoms with Crippen LogP contribution in [-0.4, -0.2) is 27.2 Å². The molecule has 0 saturated carbocycles. The van der Waals surface area contributed by atoms with Gasteiger partial charge in [-0.3, -0.25) is 0 Å². The van der Waals surface area contributed by atoms with E-state index in [1.807, 2.05) is 60.7 Å². The Kier molecular flexibility index (Phi) is 7.65. The SMILES string of the molecule is [B]c1ccc(OC[C@@H](COCc2ccccc2)OCc2ccccc2)cc1F. The predicted molar refractivity (Wildman–Crippen MR) is 108 cm³/mol. The van der Waals surface area contributed by atoms with Gasteiger partial charge in [0.2, 0.25) is 0 Å². The zero-order valence-electron chi connectivity index (χ0n) is 15.6. The van der Waals surface area contributed by atoms with Gasteiger partial charge >= 0.3 is 0 Å². The predicted octanol–water partition coefficient (Wildman–Crippen LogP) is 3.80. The van der Waals surface area contributed by atoms with E-state index in [2.05, 4.69) is 0 Å². The second-order valence-corrected chi connectivity index (χ2v) is 6.41. The van der Waals surface area contributed by atoms with E-state index in [9.17, 15) is 4.39 Å². The minimum Gasteiger partial charge on any atom is -0.491 e. The molecule has 0 saturated heterocycles. The molecule has 0 amide bonds. The molecule has 1 atom stereocenters. The van der Waals surface area contributed by atoms with Gasteiger partial charge in [-0.2, -0.15) is 0 Å². The van der Waals surface area contributed by atoms with Gasteiger partial charge in [0.15, 0.2) is 0 Å². The van der Waals surface area contributed by atoms with Gasteiger partial charge in [0.05, 0.1) is 19.8 Å². The van der Waals surface area contributed by atoms with Crippen LogP contribution >= 0.6 is 0 Å². The summed E-state index contributed by atoms with van der Waals surface area (Å²) in [7, 11) is 5.50. The monoisotopic (exact) mass is 376 g/mol. The number of halogens is 1. The van der Waals surface area contributed by atoms with Crippen molar-refractivity contribution in [2.75, 3.05) is 13.2 Å². The van der Waals surface area contributed by atoms with Gasteiger partial charge in [-0.05, 0) is 17.2 Å². The second kappa shape index (κ2) is 10.6. The summed E-state index contributed by atoms with van der Waals surface area (Å²) in [6, 6.07) is 24.2. The Morgan fingerprint density at radius 3 is 2.07 bits per heavy atom. The fraction of sp³-hybridized carbons (Fsp3) is 0.217. The van der Waals surface area contributed by atoms with Crippen molar-refractivity contribution < 1.29 is 18.6 Å². The first-order valence-electron chi connectivity index (χ1n) is 9.16. The molecule has 0 bridgehead atoms. The Bertz CT molecular complexity index is 843. The summed E-state index contributed by atoms with van der Waals surface area (Å²) < 4.78 is 31.1. The molecule has 28 heavy (non-hydrogen) atoms. The lowest BCUT2D eigenvalue weighted by Crippen LogP contribution is -2.27. The third-order valence-electron chi connectivity index (χ3n) is 4.15. The molecule has 3 aromatic carbocycles. The van der Waals surface area contributed by atoms with E-state index in [4.69, 9.17) is 22.1 Å². The van der Waals surface area contributed by atoms with Crippen LogP contribution in [-0.2, 0) is 22.7 Å². The molecular weight excluding hydrogens is 354 g/mol. The Morgan fingerprint density at radius 1 is 0.786 bits per heavy atom. The van der Waals surface area contributed by atoms with Crippen LogP contribution in [0.15, 0.2) is 78.9 Å². The molecule has 0 fully saturated rings. The number of rotatable bonds is 10. The maximum atomic E-state index is 13.6. The highest BCUT2D eigenvalue weighted by Crippen LogP contribution is 2.13. The van der Waals surface area contributed by atoms with Crippen molar-refractivity contribution in [2.24, 2.45) is 0 Å². The van der Waals surface area contributed by atoms with Crippen molar-refractivity contribution in [1.29, 1.82) is 0 Å². The number of hydrogen-bond acceptors (Lipinski definition) is 3. The summed E-state index contributed by atoms with van der Waals surface area (Å²) in [6.07, 6.45) is -0.301. The number of benzene rings is 3. The quantitative estimate of drug-likeness (QED) is 0.504. The van der Waals surface area contributed by atoms with Gasteiger partial charge < -0.3 is 14.2 Å². The summed E-state index contributed by atoms with van der Waals surface area (Å²) in [6.45, 7) is 1.53. The van der Waals surface area contributed by atoms with Crippen molar-refractivity contribution in [1.82, 2.24) is 0 Å². The highest BCUT2D eigenvalue weighted by atomic mass is 19.1. The zero-order valence-corrected chi connectivity index (χ0v) is 15.6. The van der Waals surface area contributed by atoms with Crippen molar-refractivity contribution >= 4 is 13.3 Å². The van der Waals surface area contributed by atoms with E-state index in [0.717, 1.165) is 11.1 Å². The topological polar surface area (TPSA) is 27.7 Å². The van der Waals surface area contributed by atoms with Gasteiger partial charge in [-0.25, -0.2) is 4.39 Å². The fourth-order valence-electron chi connectivity index (χ4n) is 2.60. The van der Waals surface area contributed by atoms with Crippen molar-refractivity contribution in [2.45, 2.75) is 19.3 Å². The third-order valence-corrected chi connectivity index (χ3v) is 4.15. The number of hydrogen-bond donors (Lipinski definition) is 0. The summed E-state index contributed by atoms with van der Waals surface area (Å²) in [5.74, 6) is -0.0948. The first kappa shape index (κ1) is 20.1. The molecule has 0 aromatic heterocycles.